The van der Waals surface area contributed by atoms with Crippen LogP contribution in [0.3, 0.4) is 0 Å². The average molecular weight is 446 g/mol. The minimum absolute atomic E-state index is 0.0636. The number of carbonyl (C=O) groups excluding carboxylic acids is 1. The third-order valence-electron chi connectivity index (χ3n) is 5.24. The van der Waals surface area contributed by atoms with Crippen molar-refractivity contribution in [2.75, 3.05) is 36.9 Å². The number of sulfonamides is 1. The third-order valence-corrected chi connectivity index (χ3v) is 7.13. The molecule has 2 aromatic rings. The van der Waals surface area contributed by atoms with Gasteiger partial charge < -0.3 is 15.4 Å². The van der Waals surface area contributed by atoms with Crippen LogP contribution in [0.2, 0.25) is 0 Å². The van der Waals surface area contributed by atoms with E-state index in [9.17, 15) is 13.2 Å². The summed E-state index contributed by atoms with van der Waals surface area (Å²) in [5.74, 6) is -0.249. The second kappa shape index (κ2) is 9.38. The van der Waals surface area contributed by atoms with Crippen LogP contribution in [0.1, 0.15) is 33.3 Å². The fourth-order valence-electron chi connectivity index (χ4n) is 3.30. The Morgan fingerprint density at radius 3 is 2.29 bits per heavy atom. The van der Waals surface area contributed by atoms with E-state index in [0.29, 0.717) is 32.0 Å². The molecule has 1 saturated heterocycles. The highest BCUT2D eigenvalue weighted by molar-refractivity contribution is 7.89. The molecule has 168 valence electrons. The van der Waals surface area contributed by atoms with Gasteiger partial charge in [-0.3, -0.25) is 4.79 Å². The molecule has 1 fully saturated rings. The van der Waals surface area contributed by atoms with Gasteiger partial charge in [-0.1, -0.05) is 39.0 Å². The maximum absolute atomic E-state index is 12.8. The van der Waals surface area contributed by atoms with Crippen molar-refractivity contribution in [2.24, 2.45) is 0 Å². The summed E-state index contributed by atoms with van der Waals surface area (Å²) in [4.78, 5) is 12.8. The summed E-state index contributed by atoms with van der Waals surface area (Å²) in [6.07, 6.45) is 0. The molecule has 0 aromatic heterocycles. The van der Waals surface area contributed by atoms with Crippen LogP contribution in [-0.4, -0.2) is 51.0 Å². The number of amides is 1. The van der Waals surface area contributed by atoms with Crippen LogP contribution in [0.25, 0.3) is 0 Å². The third kappa shape index (κ3) is 5.84. The standard InChI is InChI=1S/C23H31N3O4S/c1-17(24-19-10-8-18(9-11-19)23(2,3)4)22(27)25-20-6-5-7-21(16-20)31(28,29)26-12-14-30-15-13-26/h5-11,16-17,24H,12-15H2,1-4H3,(H,25,27). The van der Waals surface area contributed by atoms with Crippen molar-refractivity contribution in [2.45, 2.75) is 44.0 Å². The number of ether oxygens (including phenoxy) is 1. The lowest BCUT2D eigenvalue weighted by Gasteiger charge is -2.26. The van der Waals surface area contributed by atoms with E-state index >= 15 is 0 Å². The first-order chi connectivity index (χ1) is 14.6. The van der Waals surface area contributed by atoms with Gasteiger partial charge in [0.1, 0.15) is 6.04 Å². The predicted octanol–water partition coefficient (Wildman–Crippen LogP) is 3.44. The Hall–Kier alpha value is -2.42. The van der Waals surface area contributed by atoms with Crippen LogP contribution in [0.15, 0.2) is 53.4 Å². The molecule has 0 saturated carbocycles. The Kier molecular flexibility index (Phi) is 7.03. The van der Waals surface area contributed by atoms with E-state index in [1.807, 2.05) is 24.3 Å². The topological polar surface area (TPSA) is 87.7 Å². The molecular weight excluding hydrogens is 414 g/mol. The first-order valence-corrected chi connectivity index (χ1v) is 11.9. The van der Waals surface area contributed by atoms with Crippen molar-refractivity contribution in [1.29, 1.82) is 0 Å². The summed E-state index contributed by atoms with van der Waals surface area (Å²) in [5, 5.41) is 5.99. The quantitative estimate of drug-likeness (QED) is 0.711. The van der Waals surface area contributed by atoms with Crippen LogP contribution >= 0.6 is 0 Å². The maximum Gasteiger partial charge on any atom is 0.246 e. The Bertz CT molecular complexity index is 1010. The van der Waals surface area contributed by atoms with Gasteiger partial charge in [-0.2, -0.15) is 4.31 Å². The normalized spacial score (nSPS) is 16.5. The Labute approximate surface area is 184 Å². The summed E-state index contributed by atoms with van der Waals surface area (Å²) in [7, 11) is -3.62. The highest BCUT2D eigenvalue weighted by atomic mass is 32.2. The summed E-state index contributed by atoms with van der Waals surface area (Å²) in [5.41, 5.74) is 2.57. The molecule has 1 aliphatic rings. The zero-order chi connectivity index (χ0) is 22.6. The monoisotopic (exact) mass is 445 g/mol. The van der Waals surface area contributed by atoms with Crippen LogP contribution < -0.4 is 10.6 Å². The molecule has 31 heavy (non-hydrogen) atoms. The van der Waals surface area contributed by atoms with Crippen molar-refractivity contribution in [3.05, 3.63) is 54.1 Å². The van der Waals surface area contributed by atoms with E-state index in [1.165, 1.54) is 15.9 Å². The van der Waals surface area contributed by atoms with Gasteiger partial charge in [0.25, 0.3) is 0 Å². The largest absolute Gasteiger partial charge is 0.379 e. The molecule has 0 radical (unpaired) electrons. The molecule has 8 heteroatoms. The minimum Gasteiger partial charge on any atom is -0.379 e. The minimum atomic E-state index is -3.62. The highest BCUT2D eigenvalue weighted by Gasteiger charge is 2.26. The lowest BCUT2D eigenvalue weighted by Crippen LogP contribution is -2.40. The lowest BCUT2D eigenvalue weighted by molar-refractivity contribution is -0.116. The van der Waals surface area contributed by atoms with Gasteiger partial charge in [-0.25, -0.2) is 8.42 Å². The van der Waals surface area contributed by atoms with E-state index in [0.717, 1.165) is 5.69 Å². The first kappa shape index (κ1) is 23.2. The number of rotatable bonds is 6. The van der Waals surface area contributed by atoms with Gasteiger partial charge in [0, 0.05) is 24.5 Å². The molecule has 3 rings (SSSR count). The lowest BCUT2D eigenvalue weighted by atomic mass is 9.87. The van der Waals surface area contributed by atoms with E-state index in [-0.39, 0.29) is 16.2 Å². The van der Waals surface area contributed by atoms with Gasteiger partial charge in [0.15, 0.2) is 0 Å². The van der Waals surface area contributed by atoms with E-state index in [2.05, 4.69) is 31.4 Å². The predicted molar refractivity (Wildman–Crippen MR) is 123 cm³/mol. The van der Waals surface area contributed by atoms with Crippen LogP contribution in [0.5, 0.6) is 0 Å². The van der Waals surface area contributed by atoms with Gasteiger partial charge >= 0.3 is 0 Å². The Morgan fingerprint density at radius 1 is 1.03 bits per heavy atom. The molecule has 1 atom stereocenters. The summed E-state index contributed by atoms with van der Waals surface area (Å²) >= 11 is 0. The fourth-order valence-corrected chi connectivity index (χ4v) is 4.76. The summed E-state index contributed by atoms with van der Waals surface area (Å²) in [6, 6.07) is 13.9. The number of nitrogens with zero attached hydrogens (tertiary/aromatic N) is 1. The zero-order valence-electron chi connectivity index (χ0n) is 18.5. The number of hydrogen-bond donors (Lipinski definition) is 2. The molecule has 1 heterocycles. The molecule has 2 aromatic carbocycles. The fraction of sp³-hybridized carbons (Fsp3) is 0.435. The number of benzene rings is 2. The molecule has 0 spiro atoms. The SMILES string of the molecule is CC(Nc1ccc(C(C)(C)C)cc1)C(=O)Nc1cccc(S(=O)(=O)N2CCOCC2)c1. The van der Waals surface area contributed by atoms with Crippen LogP contribution in [0.4, 0.5) is 11.4 Å². The molecule has 1 amide bonds. The van der Waals surface area contributed by atoms with Gasteiger partial charge in [-0.15, -0.1) is 0 Å². The van der Waals surface area contributed by atoms with E-state index < -0.39 is 16.1 Å². The molecular formula is C23H31N3O4S. The number of carbonyl (C=O) groups is 1. The van der Waals surface area contributed by atoms with Gasteiger partial charge in [0.05, 0.1) is 18.1 Å². The van der Waals surface area contributed by atoms with Crippen molar-refractivity contribution in [3.8, 4) is 0 Å². The number of hydrogen-bond acceptors (Lipinski definition) is 5. The molecule has 2 N–H and O–H groups in total. The molecule has 0 aliphatic carbocycles. The van der Waals surface area contributed by atoms with Crippen molar-refractivity contribution < 1.29 is 17.9 Å². The van der Waals surface area contributed by atoms with E-state index in [1.54, 1.807) is 25.1 Å². The van der Waals surface area contributed by atoms with Gasteiger partial charge in [-0.05, 0) is 48.2 Å². The van der Waals surface area contributed by atoms with E-state index in [4.69, 9.17) is 4.74 Å². The van der Waals surface area contributed by atoms with Crippen molar-refractivity contribution >= 4 is 27.3 Å². The molecule has 7 nitrogen and oxygen atoms in total. The van der Waals surface area contributed by atoms with Crippen molar-refractivity contribution in [3.63, 3.8) is 0 Å². The van der Waals surface area contributed by atoms with Gasteiger partial charge in [0.2, 0.25) is 15.9 Å². The number of anilines is 2. The number of nitrogens with one attached hydrogen (secondary N) is 2. The highest BCUT2D eigenvalue weighted by Crippen LogP contribution is 2.24. The summed E-state index contributed by atoms with van der Waals surface area (Å²) in [6.45, 7) is 9.64. The zero-order valence-corrected chi connectivity index (χ0v) is 19.3. The van der Waals surface area contributed by atoms with Crippen LogP contribution in [-0.2, 0) is 25.0 Å². The Morgan fingerprint density at radius 2 is 1.68 bits per heavy atom. The maximum atomic E-state index is 12.8. The second-order valence-corrected chi connectivity index (χ2v) is 10.7. The molecule has 1 unspecified atom stereocenters. The average Bonchev–Trinajstić information content (AvgIpc) is 2.74. The smallest absolute Gasteiger partial charge is 0.246 e. The number of morpholine rings is 1. The Balaban J connectivity index is 1.65. The molecule has 1 aliphatic heterocycles. The van der Waals surface area contributed by atoms with Crippen LogP contribution in [0, 0.1) is 0 Å². The second-order valence-electron chi connectivity index (χ2n) is 8.73. The summed E-state index contributed by atoms with van der Waals surface area (Å²) < 4.78 is 32.3. The first-order valence-electron chi connectivity index (χ1n) is 10.4. The molecule has 0 bridgehead atoms. The van der Waals surface area contributed by atoms with Crippen molar-refractivity contribution in [1.82, 2.24) is 4.31 Å².